The summed E-state index contributed by atoms with van der Waals surface area (Å²) < 4.78 is 0. The predicted molar refractivity (Wildman–Crippen MR) is 44.6 cm³/mol. The van der Waals surface area contributed by atoms with Gasteiger partial charge in [0.15, 0.2) is 5.78 Å². The fraction of sp³-hybridized carbons (Fsp3) is 0. The molecule has 0 N–H and O–H groups in total. The first-order valence-corrected chi connectivity index (χ1v) is 3.61. The molecule has 0 spiro atoms. The molecular formula is C10H6NNaO2. The molecule has 0 aromatic heterocycles. The molecule has 0 saturated heterocycles. The molecule has 0 aliphatic carbocycles. The molecule has 0 saturated carbocycles. The van der Waals surface area contributed by atoms with Crippen molar-refractivity contribution in [1.29, 1.82) is 5.26 Å². The van der Waals surface area contributed by atoms with Gasteiger partial charge in [-0.1, -0.05) is 12.1 Å². The molecule has 0 bridgehead atoms. The van der Waals surface area contributed by atoms with Gasteiger partial charge in [-0.15, -0.1) is 6.26 Å². The van der Waals surface area contributed by atoms with Crippen LogP contribution in [0.3, 0.4) is 0 Å². The Morgan fingerprint density at radius 2 is 2.21 bits per heavy atom. The van der Waals surface area contributed by atoms with Crippen molar-refractivity contribution in [2.75, 3.05) is 0 Å². The van der Waals surface area contributed by atoms with Gasteiger partial charge in [-0.2, -0.15) is 5.26 Å². The van der Waals surface area contributed by atoms with Gasteiger partial charge in [-0.3, -0.25) is 4.79 Å². The SMILES string of the molecule is N#Cc1cccc(C(=O)C=C[O-])c1.[Na+]. The molecule has 3 nitrogen and oxygen atoms in total. The number of allylic oxidation sites excluding steroid dienone is 1. The van der Waals surface area contributed by atoms with E-state index in [1.54, 1.807) is 18.2 Å². The fourth-order valence-corrected chi connectivity index (χ4v) is 0.900. The van der Waals surface area contributed by atoms with E-state index in [2.05, 4.69) is 0 Å². The summed E-state index contributed by atoms with van der Waals surface area (Å²) in [7, 11) is 0. The normalized spacial score (nSPS) is 9.07. The van der Waals surface area contributed by atoms with Gasteiger partial charge >= 0.3 is 29.6 Å². The van der Waals surface area contributed by atoms with Crippen molar-refractivity contribution in [3.63, 3.8) is 0 Å². The van der Waals surface area contributed by atoms with E-state index in [1.807, 2.05) is 6.07 Å². The first-order valence-electron chi connectivity index (χ1n) is 3.61. The number of ketones is 1. The average Bonchev–Trinajstić information content (AvgIpc) is 2.18. The maximum atomic E-state index is 11.1. The topological polar surface area (TPSA) is 63.9 Å². The number of carbonyl (C=O) groups excluding carboxylic acids is 1. The third-order valence-corrected chi connectivity index (χ3v) is 1.50. The van der Waals surface area contributed by atoms with Crippen LogP contribution in [0.4, 0.5) is 0 Å². The number of hydrogen-bond donors (Lipinski definition) is 0. The molecule has 0 fully saturated rings. The standard InChI is InChI=1S/C10H7NO2.Na/c11-7-8-2-1-3-9(6-8)10(13)4-5-12;/h1-6,12H;/q;+1/p-1. The van der Waals surface area contributed by atoms with Crippen LogP contribution in [-0.2, 0) is 0 Å². The minimum Gasteiger partial charge on any atom is -0.878 e. The summed E-state index contributed by atoms with van der Waals surface area (Å²) in [6.45, 7) is 0. The summed E-state index contributed by atoms with van der Waals surface area (Å²) in [5, 5.41) is 18.5. The molecule has 0 amide bonds. The van der Waals surface area contributed by atoms with Crippen molar-refractivity contribution in [3.05, 3.63) is 47.7 Å². The number of nitrogens with zero attached hydrogens (tertiary/aromatic N) is 1. The summed E-state index contributed by atoms with van der Waals surface area (Å²) in [6, 6.07) is 8.11. The second-order valence-electron chi connectivity index (χ2n) is 2.36. The Morgan fingerprint density at radius 1 is 1.50 bits per heavy atom. The van der Waals surface area contributed by atoms with Crippen molar-refractivity contribution in [3.8, 4) is 6.07 Å². The zero-order valence-corrected chi connectivity index (χ0v) is 9.73. The van der Waals surface area contributed by atoms with Crippen LogP contribution in [-0.4, -0.2) is 5.78 Å². The Balaban J connectivity index is 0.00000169. The quantitative estimate of drug-likeness (QED) is 0.229. The van der Waals surface area contributed by atoms with Crippen LogP contribution in [0.1, 0.15) is 15.9 Å². The molecule has 4 heteroatoms. The van der Waals surface area contributed by atoms with Gasteiger partial charge in [-0.05, 0) is 18.2 Å². The van der Waals surface area contributed by atoms with Gasteiger partial charge in [0.1, 0.15) is 0 Å². The van der Waals surface area contributed by atoms with Crippen LogP contribution in [0.2, 0.25) is 0 Å². The van der Waals surface area contributed by atoms with E-state index in [4.69, 9.17) is 5.26 Å². The molecule has 0 aliphatic rings. The summed E-state index contributed by atoms with van der Waals surface area (Å²) in [5.74, 6) is -0.382. The molecular weight excluding hydrogens is 189 g/mol. The Labute approximate surface area is 104 Å². The van der Waals surface area contributed by atoms with Crippen LogP contribution in [0.15, 0.2) is 36.6 Å². The smallest absolute Gasteiger partial charge is 0.878 e. The Kier molecular flexibility index (Phi) is 5.89. The van der Waals surface area contributed by atoms with E-state index in [0.29, 0.717) is 17.4 Å². The monoisotopic (exact) mass is 195 g/mol. The fourth-order valence-electron chi connectivity index (χ4n) is 0.900. The van der Waals surface area contributed by atoms with Gasteiger partial charge in [-0.25, -0.2) is 0 Å². The molecule has 0 atom stereocenters. The molecule has 14 heavy (non-hydrogen) atoms. The minimum atomic E-state index is -0.382. The van der Waals surface area contributed by atoms with Gasteiger partial charge in [0.05, 0.1) is 11.6 Å². The van der Waals surface area contributed by atoms with Crippen LogP contribution < -0.4 is 34.7 Å². The van der Waals surface area contributed by atoms with Gasteiger partial charge in [0, 0.05) is 5.56 Å². The average molecular weight is 195 g/mol. The molecule has 1 aromatic rings. The molecule has 0 aliphatic heterocycles. The molecule has 1 aromatic carbocycles. The van der Waals surface area contributed by atoms with E-state index in [-0.39, 0.29) is 35.3 Å². The Bertz CT molecular complexity index is 393. The Hall–Kier alpha value is -1.08. The summed E-state index contributed by atoms with van der Waals surface area (Å²) in [6.07, 6.45) is 1.36. The Morgan fingerprint density at radius 3 is 2.79 bits per heavy atom. The van der Waals surface area contributed by atoms with Gasteiger partial charge in [0.25, 0.3) is 0 Å². The van der Waals surface area contributed by atoms with Crippen molar-refractivity contribution in [2.45, 2.75) is 0 Å². The van der Waals surface area contributed by atoms with E-state index >= 15 is 0 Å². The molecule has 0 heterocycles. The summed E-state index contributed by atoms with van der Waals surface area (Å²) in [5.41, 5.74) is 0.760. The van der Waals surface area contributed by atoms with Gasteiger partial charge < -0.3 is 5.11 Å². The van der Waals surface area contributed by atoms with Crippen LogP contribution >= 0.6 is 0 Å². The van der Waals surface area contributed by atoms with E-state index in [1.165, 1.54) is 6.07 Å². The maximum Gasteiger partial charge on any atom is 1.00 e. The van der Waals surface area contributed by atoms with Gasteiger partial charge in [0.2, 0.25) is 0 Å². The summed E-state index contributed by atoms with van der Waals surface area (Å²) >= 11 is 0. The first-order chi connectivity index (χ1) is 6.27. The predicted octanol–water partition coefficient (Wildman–Crippen LogP) is -2.38. The van der Waals surface area contributed by atoms with Crippen molar-refractivity contribution in [2.24, 2.45) is 0 Å². The van der Waals surface area contributed by atoms with Crippen LogP contribution in [0.25, 0.3) is 0 Å². The first kappa shape index (κ1) is 12.9. The number of rotatable bonds is 2. The van der Waals surface area contributed by atoms with E-state index < -0.39 is 0 Å². The third-order valence-electron chi connectivity index (χ3n) is 1.50. The molecule has 1 rings (SSSR count). The van der Waals surface area contributed by atoms with Crippen LogP contribution in [0.5, 0.6) is 0 Å². The van der Waals surface area contributed by atoms with E-state index in [0.717, 1.165) is 6.08 Å². The summed E-state index contributed by atoms with van der Waals surface area (Å²) in [4.78, 5) is 11.1. The number of benzene rings is 1. The second kappa shape index (κ2) is 6.39. The van der Waals surface area contributed by atoms with Crippen molar-refractivity contribution >= 4 is 5.78 Å². The number of nitriles is 1. The maximum absolute atomic E-state index is 11.1. The zero-order valence-electron chi connectivity index (χ0n) is 7.73. The van der Waals surface area contributed by atoms with Crippen molar-refractivity contribution in [1.82, 2.24) is 0 Å². The number of hydrogen-bond acceptors (Lipinski definition) is 3. The largest absolute Gasteiger partial charge is 1.00 e. The number of carbonyl (C=O) groups is 1. The molecule has 64 valence electrons. The second-order valence-corrected chi connectivity index (χ2v) is 2.36. The van der Waals surface area contributed by atoms with E-state index in [9.17, 15) is 9.90 Å². The molecule has 0 radical (unpaired) electrons. The minimum absolute atomic E-state index is 0. The van der Waals surface area contributed by atoms with Crippen molar-refractivity contribution < 1.29 is 39.5 Å². The third kappa shape index (κ3) is 3.35. The van der Waals surface area contributed by atoms with Crippen LogP contribution in [0, 0.1) is 11.3 Å². The zero-order chi connectivity index (χ0) is 9.68. The molecule has 0 unspecified atom stereocenters.